The Balaban J connectivity index is 1.74. The fraction of sp³-hybridized carbons (Fsp3) is 0.588. The van der Waals surface area contributed by atoms with E-state index < -0.39 is 6.10 Å². The first-order valence-electron chi connectivity index (χ1n) is 8.80. The summed E-state index contributed by atoms with van der Waals surface area (Å²) < 4.78 is 8.84. The first-order chi connectivity index (χ1) is 12.5. The third kappa shape index (κ3) is 3.79. The van der Waals surface area contributed by atoms with Gasteiger partial charge >= 0.3 is 0 Å². The van der Waals surface area contributed by atoms with Gasteiger partial charge in [-0.1, -0.05) is 0 Å². The molecule has 3 heterocycles. The van der Waals surface area contributed by atoms with Gasteiger partial charge in [0.25, 0.3) is 5.91 Å². The molecule has 9 heteroatoms. The van der Waals surface area contributed by atoms with Gasteiger partial charge in [-0.3, -0.25) is 14.2 Å². The highest BCUT2D eigenvalue weighted by atomic mass is 16.5. The third-order valence-electron chi connectivity index (χ3n) is 4.39. The minimum Gasteiger partial charge on any atom is -0.393 e. The van der Waals surface area contributed by atoms with Crippen LogP contribution in [0, 0.1) is 6.92 Å². The van der Waals surface area contributed by atoms with Gasteiger partial charge in [0.15, 0.2) is 0 Å². The number of rotatable bonds is 7. The van der Waals surface area contributed by atoms with Crippen molar-refractivity contribution < 1.29 is 19.7 Å². The number of aromatic nitrogens is 4. The number of aryl methyl sites for hydroxylation is 1. The van der Waals surface area contributed by atoms with Gasteiger partial charge in [-0.25, -0.2) is 0 Å². The van der Waals surface area contributed by atoms with Crippen LogP contribution in [0.1, 0.15) is 40.6 Å². The number of aliphatic hydroxyl groups excluding tert-OH is 2. The molecular weight excluding hydrogens is 338 g/mol. The summed E-state index contributed by atoms with van der Waals surface area (Å²) in [6, 6.07) is 3.53. The minimum atomic E-state index is -1.00. The van der Waals surface area contributed by atoms with Crippen LogP contribution in [0.3, 0.4) is 0 Å². The van der Waals surface area contributed by atoms with E-state index in [0.29, 0.717) is 50.8 Å². The quantitative estimate of drug-likeness (QED) is 0.676. The molecule has 0 fully saturated rings. The van der Waals surface area contributed by atoms with E-state index in [4.69, 9.17) is 9.84 Å². The van der Waals surface area contributed by atoms with Crippen LogP contribution in [0.2, 0.25) is 0 Å². The molecule has 3 rings (SSSR count). The van der Waals surface area contributed by atoms with Crippen LogP contribution in [-0.2, 0) is 24.4 Å². The maximum Gasteiger partial charge on any atom is 0.272 e. The Bertz CT molecular complexity index is 769. The van der Waals surface area contributed by atoms with E-state index in [2.05, 4.69) is 10.2 Å². The maximum absolute atomic E-state index is 13.0. The maximum atomic E-state index is 13.0. The van der Waals surface area contributed by atoms with Gasteiger partial charge in [0.05, 0.1) is 49.9 Å². The summed E-state index contributed by atoms with van der Waals surface area (Å²) in [6.45, 7) is 6.55. The van der Waals surface area contributed by atoms with Crippen LogP contribution in [0.25, 0.3) is 0 Å². The van der Waals surface area contributed by atoms with Crippen molar-refractivity contribution in [3.05, 3.63) is 34.9 Å². The molecule has 1 unspecified atom stereocenters. The van der Waals surface area contributed by atoms with Gasteiger partial charge in [0, 0.05) is 13.2 Å². The Labute approximate surface area is 151 Å². The Hall–Kier alpha value is -2.23. The van der Waals surface area contributed by atoms with Crippen LogP contribution in [0.5, 0.6) is 0 Å². The normalized spacial score (nSPS) is 15.2. The lowest BCUT2D eigenvalue weighted by Crippen LogP contribution is -2.39. The molecule has 0 saturated heterocycles. The number of ether oxygens (including phenoxy) is 1. The average molecular weight is 363 g/mol. The predicted molar refractivity (Wildman–Crippen MR) is 92.5 cm³/mol. The molecule has 2 aromatic rings. The van der Waals surface area contributed by atoms with E-state index in [1.807, 2.05) is 13.8 Å². The number of carbonyl (C=O) groups excluding carboxylic acids is 1. The molecule has 142 valence electrons. The molecule has 2 aromatic heterocycles. The lowest BCUT2D eigenvalue weighted by atomic mass is 10.2. The lowest BCUT2D eigenvalue weighted by molar-refractivity contribution is 0.0687. The topological polar surface area (TPSA) is 106 Å². The van der Waals surface area contributed by atoms with Crippen molar-refractivity contribution >= 4 is 5.91 Å². The number of nitrogens with zero attached hydrogens (tertiary/aromatic N) is 5. The molecule has 1 atom stereocenters. The molecule has 1 aliphatic rings. The van der Waals surface area contributed by atoms with Crippen molar-refractivity contribution in [1.29, 1.82) is 0 Å². The van der Waals surface area contributed by atoms with Crippen molar-refractivity contribution in [1.82, 2.24) is 24.5 Å². The monoisotopic (exact) mass is 363 g/mol. The summed E-state index contributed by atoms with van der Waals surface area (Å²) in [4.78, 5) is 14.7. The van der Waals surface area contributed by atoms with Crippen molar-refractivity contribution in [2.24, 2.45) is 0 Å². The van der Waals surface area contributed by atoms with E-state index in [0.717, 1.165) is 11.4 Å². The zero-order chi connectivity index (χ0) is 18.7. The van der Waals surface area contributed by atoms with Gasteiger partial charge in [0.1, 0.15) is 11.8 Å². The first-order valence-corrected chi connectivity index (χ1v) is 8.80. The van der Waals surface area contributed by atoms with Crippen LogP contribution < -0.4 is 0 Å². The molecule has 0 spiro atoms. The number of carbonyl (C=O) groups is 1. The molecule has 26 heavy (non-hydrogen) atoms. The van der Waals surface area contributed by atoms with E-state index in [9.17, 15) is 9.90 Å². The molecule has 0 saturated carbocycles. The van der Waals surface area contributed by atoms with E-state index >= 15 is 0 Å². The van der Waals surface area contributed by atoms with E-state index in [1.54, 1.807) is 26.4 Å². The van der Waals surface area contributed by atoms with Crippen LogP contribution in [-0.4, -0.2) is 66.9 Å². The molecule has 0 aliphatic carbocycles. The Morgan fingerprint density at radius 1 is 1.35 bits per heavy atom. The predicted octanol–water partition coefficient (Wildman–Crippen LogP) is 0.106. The van der Waals surface area contributed by atoms with Gasteiger partial charge in [-0.15, -0.1) is 0 Å². The zero-order valence-corrected chi connectivity index (χ0v) is 15.1. The van der Waals surface area contributed by atoms with Crippen molar-refractivity contribution in [2.45, 2.75) is 39.6 Å². The van der Waals surface area contributed by atoms with Gasteiger partial charge in [0.2, 0.25) is 0 Å². The standard InChI is InChI=1S/C17H25N5O4/c1-3-26-7-6-22-15(8-12(2)18-22)17(25)20-4-5-21-13(10-20)9-14(19-21)16(24)11-23/h8-9,16,23-24H,3-7,10-11H2,1-2H3. The smallest absolute Gasteiger partial charge is 0.272 e. The van der Waals surface area contributed by atoms with E-state index in [1.165, 1.54) is 0 Å². The highest BCUT2D eigenvalue weighted by molar-refractivity contribution is 5.92. The Morgan fingerprint density at radius 3 is 2.88 bits per heavy atom. The van der Waals surface area contributed by atoms with Crippen LogP contribution >= 0.6 is 0 Å². The summed E-state index contributed by atoms with van der Waals surface area (Å²) in [7, 11) is 0. The second-order valence-corrected chi connectivity index (χ2v) is 6.30. The highest BCUT2D eigenvalue weighted by Crippen LogP contribution is 2.20. The molecule has 0 aromatic carbocycles. The summed E-state index contributed by atoms with van der Waals surface area (Å²) in [5, 5.41) is 27.5. The number of fused-ring (bicyclic) bond motifs is 1. The second kappa shape index (κ2) is 7.98. The average Bonchev–Trinajstić information content (AvgIpc) is 3.23. The molecule has 1 amide bonds. The molecule has 2 N–H and O–H groups in total. The number of hydrogen-bond donors (Lipinski definition) is 2. The highest BCUT2D eigenvalue weighted by Gasteiger charge is 2.26. The lowest BCUT2D eigenvalue weighted by Gasteiger charge is -2.27. The zero-order valence-electron chi connectivity index (χ0n) is 15.1. The molecule has 9 nitrogen and oxygen atoms in total. The van der Waals surface area contributed by atoms with Crippen LogP contribution in [0.4, 0.5) is 0 Å². The van der Waals surface area contributed by atoms with Gasteiger partial charge in [-0.05, 0) is 26.0 Å². The SMILES string of the molecule is CCOCCn1nc(C)cc1C(=O)N1CCn2nc(C(O)CO)cc2C1. The second-order valence-electron chi connectivity index (χ2n) is 6.30. The summed E-state index contributed by atoms with van der Waals surface area (Å²) in [6.07, 6.45) is -1.00. The Morgan fingerprint density at radius 2 is 2.15 bits per heavy atom. The van der Waals surface area contributed by atoms with Gasteiger partial charge < -0.3 is 19.8 Å². The third-order valence-corrected chi connectivity index (χ3v) is 4.39. The molecule has 1 aliphatic heterocycles. The minimum absolute atomic E-state index is 0.0844. The molecular formula is C17H25N5O4. The number of aliphatic hydroxyl groups is 2. The summed E-state index contributed by atoms with van der Waals surface area (Å²) in [5.74, 6) is -0.0844. The van der Waals surface area contributed by atoms with E-state index in [-0.39, 0.29) is 12.5 Å². The van der Waals surface area contributed by atoms with Crippen LogP contribution in [0.15, 0.2) is 12.1 Å². The molecule has 0 radical (unpaired) electrons. The first kappa shape index (κ1) is 18.6. The summed E-state index contributed by atoms with van der Waals surface area (Å²) in [5.41, 5.74) is 2.60. The largest absolute Gasteiger partial charge is 0.393 e. The molecule has 0 bridgehead atoms. The fourth-order valence-corrected chi connectivity index (χ4v) is 3.06. The van der Waals surface area contributed by atoms with Crippen molar-refractivity contribution in [3.63, 3.8) is 0 Å². The van der Waals surface area contributed by atoms with Crippen molar-refractivity contribution in [3.8, 4) is 0 Å². The van der Waals surface area contributed by atoms with Crippen molar-refractivity contribution in [2.75, 3.05) is 26.4 Å². The number of hydrogen-bond acceptors (Lipinski definition) is 6. The number of amides is 1. The fourth-order valence-electron chi connectivity index (χ4n) is 3.06. The summed E-state index contributed by atoms with van der Waals surface area (Å²) >= 11 is 0. The van der Waals surface area contributed by atoms with Gasteiger partial charge in [-0.2, -0.15) is 10.2 Å². The Kier molecular flexibility index (Phi) is 5.70.